The van der Waals surface area contributed by atoms with E-state index in [1.54, 1.807) is 6.92 Å². The Morgan fingerprint density at radius 1 is 1.03 bits per heavy atom. The predicted octanol–water partition coefficient (Wildman–Crippen LogP) is 3.31. The maximum Gasteiger partial charge on any atom is 0.355 e. The smallest absolute Gasteiger partial charge is 0.355 e. The molecule has 3 rings (SSSR count). The Balaban J connectivity index is 1.42. The SMILES string of the molecule is CCOC(=O)c1c(C)c(CCC(=O)NCCN2CCN(c3cccc(C)c3C)CC2)c(C)n1C. The Bertz CT molecular complexity index is 1020. The molecule has 0 bridgehead atoms. The van der Waals surface area contributed by atoms with E-state index in [0.29, 0.717) is 31.7 Å². The molecule has 186 valence electrons. The summed E-state index contributed by atoms with van der Waals surface area (Å²) in [5.41, 5.74) is 7.59. The van der Waals surface area contributed by atoms with Gasteiger partial charge in [0, 0.05) is 64.1 Å². The quantitative estimate of drug-likeness (QED) is 0.572. The number of esters is 1. The summed E-state index contributed by atoms with van der Waals surface area (Å²) in [6, 6.07) is 6.51. The summed E-state index contributed by atoms with van der Waals surface area (Å²) in [6.45, 7) is 16.0. The number of benzene rings is 1. The van der Waals surface area contributed by atoms with Crippen molar-refractivity contribution in [3.63, 3.8) is 0 Å². The van der Waals surface area contributed by atoms with Crippen molar-refractivity contribution in [2.45, 2.75) is 47.5 Å². The summed E-state index contributed by atoms with van der Waals surface area (Å²) in [5, 5.41) is 3.07. The van der Waals surface area contributed by atoms with E-state index in [0.717, 1.165) is 49.5 Å². The van der Waals surface area contributed by atoms with Crippen LogP contribution >= 0.6 is 0 Å². The van der Waals surface area contributed by atoms with E-state index in [4.69, 9.17) is 4.74 Å². The lowest BCUT2D eigenvalue weighted by Crippen LogP contribution is -2.48. The number of nitrogens with one attached hydrogen (secondary N) is 1. The van der Waals surface area contributed by atoms with Crippen molar-refractivity contribution in [1.29, 1.82) is 0 Å². The summed E-state index contributed by atoms with van der Waals surface area (Å²) in [4.78, 5) is 29.6. The lowest BCUT2D eigenvalue weighted by molar-refractivity contribution is -0.121. The van der Waals surface area contributed by atoms with Gasteiger partial charge in [-0.3, -0.25) is 9.69 Å². The number of piperazine rings is 1. The number of carbonyl (C=O) groups excluding carboxylic acids is 2. The van der Waals surface area contributed by atoms with Crippen LogP contribution in [0, 0.1) is 27.7 Å². The van der Waals surface area contributed by atoms with Crippen molar-refractivity contribution in [2.24, 2.45) is 7.05 Å². The first-order chi connectivity index (χ1) is 16.2. The highest BCUT2D eigenvalue weighted by molar-refractivity contribution is 5.90. The van der Waals surface area contributed by atoms with Crippen LogP contribution in [0.2, 0.25) is 0 Å². The molecular formula is C27H40N4O3. The molecule has 1 amide bonds. The molecule has 1 saturated heterocycles. The number of aromatic nitrogens is 1. The zero-order valence-electron chi connectivity index (χ0n) is 21.7. The van der Waals surface area contributed by atoms with Gasteiger partial charge in [0.15, 0.2) is 0 Å². The topological polar surface area (TPSA) is 66.8 Å². The number of hydrogen-bond donors (Lipinski definition) is 1. The molecule has 0 atom stereocenters. The summed E-state index contributed by atoms with van der Waals surface area (Å²) < 4.78 is 7.06. The molecule has 1 fully saturated rings. The van der Waals surface area contributed by atoms with E-state index in [-0.39, 0.29) is 11.9 Å². The highest BCUT2D eigenvalue weighted by Gasteiger charge is 2.22. The average molecular weight is 469 g/mol. The molecule has 1 N–H and O–H groups in total. The molecule has 7 nitrogen and oxygen atoms in total. The van der Waals surface area contributed by atoms with Crippen molar-refractivity contribution in [3.8, 4) is 0 Å². The van der Waals surface area contributed by atoms with Gasteiger partial charge in [-0.2, -0.15) is 0 Å². The van der Waals surface area contributed by atoms with Crippen LogP contribution in [-0.2, 0) is 23.0 Å². The van der Waals surface area contributed by atoms with Gasteiger partial charge in [0.2, 0.25) is 5.91 Å². The van der Waals surface area contributed by atoms with Crippen LogP contribution in [0.5, 0.6) is 0 Å². The summed E-state index contributed by atoms with van der Waals surface area (Å²) in [6.07, 6.45) is 1.03. The highest BCUT2D eigenvalue weighted by Crippen LogP contribution is 2.24. The van der Waals surface area contributed by atoms with Crippen LogP contribution in [0.25, 0.3) is 0 Å². The lowest BCUT2D eigenvalue weighted by atomic mass is 10.0. The minimum absolute atomic E-state index is 0.0503. The molecule has 1 aliphatic heterocycles. The number of anilines is 1. The van der Waals surface area contributed by atoms with Crippen LogP contribution in [0.15, 0.2) is 18.2 Å². The lowest BCUT2D eigenvalue weighted by Gasteiger charge is -2.37. The third-order valence-electron chi connectivity index (χ3n) is 7.19. The number of ether oxygens (including phenoxy) is 1. The van der Waals surface area contributed by atoms with E-state index in [9.17, 15) is 9.59 Å². The second-order valence-electron chi connectivity index (χ2n) is 9.21. The second-order valence-corrected chi connectivity index (χ2v) is 9.21. The van der Waals surface area contributed by atoms with Gasteiger partial charge in [-0.1, -0.05) is 12.1 Å². The van der Waals surface area contributed by atoms with E-state index < -0.39 is 0 Å². The molecule has 0 spiro atoms. The normalized spacial score (nSPS) is 14.4. The molecule has 0 saturated carbocycles. The van der Waals surface area contributed by atoms with Crippen molar-refractivity contribution in [1.82, 2.24) is 14.8 Å². The third-order valence-corrected chi connectivity index (χ3v) is 7.19. The molecule has 2 aromatic rings. The zero-order valence-corrected chi connectivity index (χ0v) is 21.7. The van der Waals surface area contributed by atoms with Gasteiger partial charge < -0.3 is 19.5 Å². The monoisotopic (exact) mass is 468 g/mol. The number of hydrogen-bond acceptors (Lipinski definition) is 5. The summed E-state index contributed by atoms with van der Waals surface area (Å²) in [5.74, 6) is -0.256. The largest absolute Gasteiger partial charge is 0.461 e. The molecule has 1 aliphatic rings. The molecule has 0 radical (unpaired) electrons. The fraction of sp³-hybridized carbons (Fsp3) is 0.556. The minimum Gasteiger partial charge on any atom is -0.461 e. The molecule has 1 aromatic carbocycles. The van der Waals surface area contributed by atoms with Crippen LogP contribution in [0.3, 0.4) is 0 Å². The van der Waals surface area contributed by atoms with Gasteiger partial charge in [0.05, 0.1) is 6.61 Å². The van der Waals surface area contributed by atoms with E-state index in [1.165, 1.54) is 16.8 Å². The first kappa shape index (κ1) is 25.8. The molecule has 0 unspecified atom stereocenters. The molecular weight excluding hydrogens is 428 g/mol. The van der Waals surface area contributed by atoms with Crippen LogP contribution in [0.4, 0.5) is 5.69 Å². The average Bonchev–Trinajstić information content (AvgIpc) is 3.02. The minimum atomic E-state index is -0.307. The Labute approximate surface area is 204 Å². The fourth-order valence-electron chi connectivity index (χ4n) is 4.86. The van der Waals surface area contributed by atoms with Crippen LogP contribution in [0.1, 0.15) is 51.8 Å². The number of amides is 1. The Kier molecular flexibility index (Phi) is 8.78. The molecule has 1 aromatic heterocycles. The maximum absolute atomic E-state index is 12.5. The Hall–Kier alpha value is -2.80. The number of rotatable bonds is 9. The van der Waals surface area contributed by atoms with Crippen LogP contribution in [-0.4, -0.2) is 67.2 Å². The number of nitrogens with zero attached hydrogens (tertiary/aromatic N) is 3. The van der Waals surface area contributed by atoms with Crippen molar-refractivity contribution >= 4 is 17.6 Å². The van der Waals surface area contributed by atoms with Gasteiger partial charge in [-0.15, -0.1) is 0 Å². The second kappa shape index (κ2) is 11.6. The highest BCUT2D eigenvalue weighted by atomic mass is 16.5. The molecule has 0 aliphatic carbocycles. The van der Waals surface area contributed by atoms with E-state index in [1.807, 2.05) is 25.5 Å². The van der Waals surface area contributed by atoms with Gasteiger partial charge in [0.1, 0.15) is 5.69 Å². The van der Waals surface area contributed by atoms with E-state index >= 15 is 0 Å². The molecule has 7 heteroatoms. The zero-order chi connectivity index (χ0) is 24.8. The standard InChI is InChI=1S/C27H40N4O3/c1-7-34-27(33)26-21(4)23(22(5)29(26)6)11-12-25(32)28-13-14-30-15-17-31(18-16-30)24-10-8-9-19(2)20(24)3/h8-10H,7,11-18H2,1-6H3,(H,28,32). The van der Waals surface area contributed by atoms with Crippen molar-refractivity contribution in [2.75, 3.05) is 50.8 Å². The predicted molar refractivity (Wildman–Crippen MR) is 137 cm³/mol. The molecule has 2 heterocycles. The summed E-state index contributed by atoms with van der Waals surface area (Å²) in [7, 11) is 1.87. The third kappa shape index (κ3) is 5.81. The summed E-state index contributed by atoms with van der Waals surface area (Å²) >= 11 is 0. The maximum atomic E-state index is 12.5. The number of carbonyl (C=O) groups is 2. The van der Waals surface area contributed by atoms with Gasteiger partial charge >= 0.3 is 5.97 Å². The van der Waals surface area contributed by atoms with Gasteiger partial charge in [-0.05, 0) is 69.4 Å². The van der Waals surface area contributed by atoms with Crippen molar-refractivity contribution < 1.29 is 14.3 Å². The Morgan fingerprint density at radius 3 is 2.41 bits per heavy atom. The molecule has 34 heavy (non-hydrogen) atoms. The van der Waals surface area contributed by atoms with Gasteiger partial charge in [0.25, 0.3) is 0 Å². The number of aryl methyl sites for hydroxylation is 1. The van der Waals surface area contributed by atoms with E-state index in [2.05, 4.69) is 47.2 Å². The van der Waals surface area contributed by atoms with Crippen LogP contribution < -0.4 is 10.2 Å². The first-order valence-corrected chi connectivity index (χ1v) is 12.4. The fourth-order valence-corrected chi connectivity index (χ4v) is 4.86. The Morgan fingerprint density at radius 2 is 1.74 bits per heavy atom. The first-order valence-electron chi connectivity index (χ1n) is 12.4. The van der Waals surface area contributed by atoms with Crippen molar-refractivity contribution in [3.05, 3.63) is 51.8 Å². The van der Waals surface area contributed by atoms with Gasteiger partial charge in [-0.25, -0.2) is 4.79 Å².